The fraction of sp³-hybridized carbons (Fsp3) is 0.190. The summed E-state index contributed by atoms with van der Waals surface area (Å²) in [5.74, 6) is -0.774. The van der Waals surface area contributed by atoms with E-state index in [9.17, 15) is 14.0 Å². The van der Waals surface area contributed by atoms with Crippen molar-refractivity contribution < 1.29 is 9.18 Å². The van der Waals surface area contributed by atoms with Gasteiger partial charge in [-0.15, -0.1) is 11.3 Å². The maximum Gasteiger partial charge on any atom is 0.276 e. The van der Waals surface area contributed by atoms with Gasteiger partial charge in [-0.2, -0.15) is 5.10 Å². The number of hydrogen-bond acceptors (Lipinski definition) is 4. The number of nitrogens with zero attached hydrogens (tertiary/aromatic N) is 2. The summed E-state index contributed by atoms with van der Waals surface area (Å²) in [6.07, 6.45) is 0. The SMILES string of the molecule is Cc1nn([C@@H](C)C(=O)NCc2ccccc2F)c(=O)c2c1sc1ccccc12. The van der Waals surface area contributed by atoms with E-state index in [0.29, 0.717) is 16.6 Å². The molecule has 2 aromatic carbocycles. The Balaban J connectivity index is 1.69. The molecule has 0 saturated carbocycles. The van der Waals surface area contributed by atoms with Crippen molar-refractivity contribution in [3.05, 3.63) is 76.0 Å². The molecule has 4 aromatic rings. The predicted octanol–water partition coefficient (Wildman–Crippen LogP) is 3.94. The largest absolute Gasteiger partial charge is 0.350 e. The molecule has 0 aliphatic rings. The number of hydrogen-bond donors (Lipinski definition) is 1. The Kier molecular flexibility index (Phi) is 4.68. The molecule has 1 N–H and O–H groups in total. The number of aromatic nitrogens is 2. The summed E-state index contributed by atoms with van der Waals surface area (Å²) in [7, 11) is 0. The highest BCUT2D eigenvalue weighted by Crippen LogP contribution is 2.32. The maximum absolute atomic E-state index is 13.8. The molecule has 0 unspecified atom stereocenters. The molecule has 142 valence electrons. The topological polar surface area (TPSA) is 64.0 Å². The summed E-state index contributed by atoms with van der Waals surface area (Å²) in [4.78, 5) is 25.7. The number of thiophene rings is 1. The average Bonchev–Trinajstić information content (AvgIpc) is 3.10. The maximum atomic E-state index is 13.8. The first-order valence-electron chi connectivity index (χ1n) is 8.89. The van der Waals surface area contributed by atoms with Crippen LogP contribution in [0.1, 0.15) is 24.2 Å². The van der Waals surface area contributed by atoms with E-state index < -0.39 is 11.9 Å². The van der Waals surface area contributed by atoms with Crippen molar-refractivity contribution in [2.45, 2.75) is 26.4 Å². The Hall–Kier alpha value is -3.06. The van der Waals surface area contributed by atoms with Crippen molar-refractivity contribution in [3.63, 3.8) is 0 Å². The van der Waals surface area contributed by atoms with Gasteiger partial charge in [-0.1, -0.05) is 36.4 Å². The van der Waals surface area contributed by atoms with Gasteiger partial charge < -0.3 is 5.32 Å². The van der Waals surface area contributed by atoms with Crippen LogP contribution in [0.4, 0.5) is 4.39 Å². The number of nitrogens with one attached hydrogen (secondary N) is 1. The average molecular weight is 395 g/mol. The number of fused-ring (bicyclic) bond motifs is 3. The summed E-state index contributed by atoms with van der Waals surface area (Å²) in [6.45, 7) is 3.50. The summed E-state index contributed by atoms with van der Waals surface area (Å²) in [6, 6.07) is 13.1. The quantitative estimate of drug-likeness (QED) is 0.569. The third-order valence-corrected chi connectivity index (χ3v) is 6.04. The summed E-state index contributed by atoms with van der Waals surface area (Å²) in [5, 5.41) is 8.51. The fourth-order valence-corrected chi connectivity index (χ4v) is 4.36. The molecule has 1 atom stereocenters. The van der Waals surface area contributed by atoms with Gasteiger partial charge in [-0.3, -0.25) is 9.59 Å². The Bertz CT molecular complexity index is 1260. The normalized spacial score (nSPS) is 12.4. The van der Waals surface area contributed by atoms with Gasteiger partial charge in [0.1, 0.15) is 11.9 Å². The van der Waals surface area contributed by atoms with Crippen molar-refractivity contribution in [2.24, 2.45) is 0 Å². The van der Waals surface area contributed by atoms with Gasteiger partial charge in [0.2, 0.25) is 5.91 Å². The molecular formula is C21H18FN3O2S. The van der Waals surface area contributed by atoms with Gasteiger partial charge in [0.05, 0.1) is 15.8 Å². The Morgan fingerprint density at radius 2 is 1.93 bits per heavy atom. The third-order valence-electron chi connectivity index (χ3n) is 4.76. The minimum atomic E-state index is -0.818. The Labute approximate surface area is 164 Å². The van der Waals surface area contributed by atoms with Gasteiger partial charge in [0, 0.05) is 22.2 Å². The standard InChI is InChI=1S/C21H18FN3O2S/c1-12-19-18(15-8-4-6-10-17(15)28-19)21(27)25(24-12)13(2)20(26)23-11-14-7-3-5-9-16(14)22/h3-10,13H,11H2,1-2H3,(H,23,26)/t13-/m0/s1. The number of aryl methyl sites for hydroxylation is 1. The van der Waals surface area contributed by atoms with Gasteiger partial charge in [0.15, 0.2) is 0 Å². The van der Waals surface area contributed by atoms with Gasteiger partial charge in [0.25, 0.3) is 5.56 Å². The lowest BCUT2D eigenvalue weighted by molar-refractivity contribution is -0.124. The molecule has 28 heavy (non-hydrogen) atoms. The summed E-state index contributed by atoms with van der Waals surface area (Å²) < 4.78 is 16.8. The lowest BCUT2D eigenvalue weighted by Gasteiger charge is -2.15. The van der Waals surface area contributed by atoms with Crippen LogP contribution in [-0.2, 0) is 11.3 Å². The molecule has 0 fully saturated rings. The molecule has 5 nitrogen and oxygen atoms in total. The summed E-state index contributed by atoms with van der Waals surface area (Å²) in [5.41, 5.74) is 0.787. The monoisotopic (exact) mass is 395 g/mol. The van der Waals surface area contributed by atoms with Crippen molar-refractivity contribution in [1.29, 1.82) is 0 Å². The van der Waals surface area contributed by atoms with Gasteiger partial charge >= 0.3 is 0 Å². The minimum Gasteiger partial charge on any atom is -0.350 e. The number of benzene rings is 2. The van der Waals surface area contributed by atoms with E-state index in [0.717, 1.165) is 14.8 Å². The second-order valence-electron chi connectivity index (χ2n) is 6.62. The molecule has 0 spiro atoms. The van der Waals surface area contributed by atoms with E-state index in [1.54, 1.807) is 25.1 Å². The molecule has 1 amide bonds. The first kappa shape index (κ1) is 18.3. The number of rotatable bonds is 4. The lowest BCUT2D eigenvalue weighted by atomic mass is 10.2. The first-order valence-corrected chi connectivity index (χ1v) is 9.71. The molecule has 0 radical (unpaired) electrons. The van der Waals surface area contributed by atoms with E-state index in [1.807, 2.05) is 31.2 Å². The summed E-state index contributed by atoms with van der Waals surface area (Å²) >= 11 is 1.52. The molecule has 0 aliphatic carbocycles. The molecule has 0 bridgehead atoms. The minimum absolute atomic E-state index is 0.0488. The highest BCUT2D eigenvalue weighted by atomic mass is 32.1. The van der Waals surface area contributed by atoms with Crippen LogP contribution < -0.4 is 10.9 Å². The van der Waals surface area contributed by atoms with Crippen molar-refractivity contribution >= 4 is 37.4 Å². The second-order valence-corrected chi connectivity index (χ2v) is 7.67. The highest BCUT2D eigenvalue weighted by Gasteiger charge is 2.21. The zero-order chi connectivity index (χ0) is 19.8. The zero-order valence-electron chi connectivity index (χ0n) is 15.4. The van der Waals surface area contributed by atoms with Crippen LogP contribution in [0.5, 0.6) is 0 Å². The Morgan fingerprint density at radius 3 is 2.71 bits per heavy atom. The zero-order valence-corrected chi connectivity index (χ0v) is 16.2. The number of amides is 1. The van der Waals surface area contributed by atoms with E-state index >= 15 is 0 Å². The van der Waals surface area contributed by atoms with Crippen LogP contribution in [0.3, 0.4) is 0 Å². The van der Waals surface area contributed by atoms with Crippen LogP contribution in [0, 0.1) is 12.7 Å². The first-order chi connectivity index (χ1) is 13.5. The molecular weight excluding hydrogens is 377 g/mol. The van der Waals surface area contributed by atoms with E-state index in [4.69, 9.17) is 0 Å². The molecule has 2 aromatic heterocycles. The second kappa shape index (κ2) is 7.16. The van der Waals surface area contributed by atoms with Crippen molar-refractivity contribution in [3.8, 4) is 0 Å². The molecule has 2 heterocycles. The van der Waals surface area contributed by atoms with Gasteiger partial charge in [-0.25, -0.2) is 9.07 Å². The molecule has 7 heteroatoms. The van der Waals surface area contributed by atoms with Gasteiger partial charge in [-0.05, 0) is 26.0 Å². The van der Waals surface area contributed by atoms with Crippen LogP contribution in [0.2, 0.25) is 0 Å². The smallest absolute Gasteiger partial charge is 0.276 e. The van der Waals surface area contributed by atoms with E-state index in [1.165, 1.54) is 22.1 Å². The van der Waals surface area contributed by atoms with Crippen molar-refractivity contribution in [1.82, 2.24) is 15.1 Å². The number of carbonyl (C=O) groups excluding carboxylic acids is 1. The highest BCUT2D eigenvalue weighted by molar-refractivity contribution is 7.26. The van der Waals surface area contributed by atoms with E-state index in [2.05, 4.69) is 10.4 Å². The third kappa shape index (κ3) is 3.07. The molecule has 4 rings (SSSR count). The lowest BCUT2D eigenvalue weighted by Crippen LogP contribution is -2.37. The Morgan fingerprint density at radius 1 is 1.21 bits per heavy atom. The number of carbonyl (C=O) groups is 1. The van der Waals surface area contributed by atoms with Crippen LogP contribution in [0.25, 0.3) is 20.2 Å². The van der Waals surface area contributed by atoms with Crippen LogP contribution in [0.15, 0.2) is 53.3 Å². The van der Waals surface area contributed by atoms with Crippen molar-refractivity contribution in [2.75, 3.05) is 0 Å². The molecule has 0 saturated heterocycles. The van der Waals surface area contributed by atoms with Crippen LogP contribution in [-0.4, -0.2) is 15.7 Å². The van der Waals surface area contributed by atoms with E-state index in [-0.39, 0.29) is 17.9 Å². The fourth-order valence-electron chi connectivity index (χ4n) is 3.22. The number of halogens is 1. The van der Waals surface area contributed by atoms with Crippen LogP contribution >= 0.6 is 11.3 Å². The molecule has 0 aliphatic heterocycles. The predicted molar refractivity (Wildman–Crippen MR) is 109 cm³/mol.